The van der Waals surface area contributed by atoms with Crippen LogP contribution in [0.3, 0.4) is 0 Å². The lowest BCUT2D eigenvalue weighted by Gasteiger charge is -2.42. The van der Waals surface area contributed by atoms with Crippen LogP contribution in [-0.2, 0) is 16.6 Å². The first-order valence-electron chi connectivity index (χ1n) is 12.6. The second-order valence-corrected chi connectivity index (χ2v) is 12.4. The molecule has 0 spiro atoms. The Morgan fingerprint density at radius 1 is 0.865 bits per heavy atom. The first-order valence-corrected chi connectivity index (χ1v) is 14.5. The molecule has 4 aromatic rings. The maximum absolute atomic E-state index is 14.3. The molecule has 0 aromatic heterocycles. The summed E-state index contributed by atoms with van der Waals surface area (Å²) in [7, 11) is -3.67. The van der Waals surface area contributed by atoms with Crippen molar-refractivity contribution in [3.8, 4) is 0 Å². The second kappa shape index (κ2) is 8.70. The molecule has 2 bridgehead atoms. The van der Waals surface area contributed by atoms with Crippen LogP contribution in [0.25, 0.3) is 16.3 Å². The summed E-state index contributed by atoms with van der Waals surface area (Å²) >= 11 is 0. The van der Waals surface area contributed by atoms with Gasteiger partial charge in [0.15, 0.2) is 5.78 Å². The zero-order chi connectivity index (χ0) is 25.8. The van der Waals surface area contributed by atoms with E-state index in [0.717, 1.165) is 33.0 Å². The van der Waals surface area contributed by atoms with Gasteiger partial charge >= 0.3 is 0 Å². The van der Waals surface area contributed by atoms with Gasteiger partial charge in [0.25, 0.3) is 0 Å². The van der Waals surface area contributed by atoms with Crippen LogP contribution in [0, 0.1) is 18.3 Å². The maximum atomic E-state index is 14.3. The summed E-state index contributed by atoms with van der Waals surface area (Å²) in [6.07, 6.45) is 2.52. The molecule has 37 heavy (non-hydrogen) atoms. The van der Waals surface area contributed by atoms with Crippen molar-refractivity contribution in [3.05, 3.63) is 125 Å². The van der Waals surface area contributed by atoms with Gasteiger partial charge in [0, 0.05) is 11.3 Å². The highest BCUT2D eigenvalue weighted by atomic mass is 32.2. The summed E-state index contributed by atoms with van der Waals surface area (Å²) in [6.45, 7) is 2.24. The summed E-state index contributed by atoms with van der Waals surface area (Å²) in [5, 5.41) is 2.08. The number of sulfonamides is 1. The van der Waals surface area contributed by atoms with Crippen LogP contribution < -0.4 is 0 Å². The third kappa shape index (κ3) is 3.98. The molecule has 0 radical (unpaired) electrons. The number of benzene rings is 4. The van der Waals surface area contributed by atoms with Crippen molar-refractivity contribution in [3.63, 3.8) is 0 Å². The van der Waals surface area contributed by atoms with E-state index in [1.54, 1.807) is 0 Å². The van der Waals surface area contributed by atoms with Gasteiger partial charge in [0.1, 0.15) is 0 Å². The van der Waals surface area contributed by atoms with Crippen molar-refractivity contribution in [1.29, 1.82) is 0 Å². The first kappa shape index (κ1) is 23.7. The van der Waals surface area contributed by atoms with E-state index in [2.05, 4.69) is 6.07 Å². The van der Waals surface area contributed by atoms with Crippen LogP contribution >= 0.6 is 0 Å². The summed E-state index contributed by atoms with van der Waals surface area (Å²) in [4.78, 5) is 14.3. The third-order valence-corrected chi connectivity index (χ3v) is 9.01. The van der Waals surface area contributed by atoms with Crippen LogP contribution in [0.5, 0.6) is 0 Å². The SMILES string of the molecule is Cc1cccc(C2=C(N(Cc3ccccc3)S(C)(=O)=O)C3(C(=O)c4ccc5ccccc5c4)CC2C3)c1. The Hall–Kier alpha value is -3.70. The van der Waals surface area contributed by atoms with Crippen molar-refractivity contribution in [2.45, 2.75) is 26.3 Å². The number of fused-ring (bicyclic) bond motifs is 1. The van der Waals surface area contributed by atoms with Crippen molar-refractivity contribution in [1.82, 2.24) is 4.31 Å². The minimum atomic E-state index is -3.67. The molecule has 0 atom stereocenters. The van der Waals surface area contributed by atoms with E-state index >= 15 is 0 Å². The van der Waals surface area contributed by atoms with Crippen LogP contribution in [0.15, 0.2) is 103 Å². The molecule has 0 N–H and O–H groups in total. The van der Waals surface area contributed by atoms with E-state index in [0.29, 0.717) is 24.1 Å². The Bertz CT molecular complexity index is 1660. The monoisotopic (exact) mass is 507 g/mol. The lowest BCUT2D eigenvalue weighted by atomic mass is 9.62. The van der Waals surface area contributed by atoms with Gasteiger partial charge in [-0.2, -0.15) is 0 Å². The van der Waals surface area contributed by atoms with E-state index in [4.69, 9.17) is 0 Å². The number of Topliss-reactive ketones (excluding diaryl/α,β-unsaturated/α-hetero) is 1. The highest BCUT2D eigenvalue weighted by Gasteiger charge is 2.63. The number of carbonyl (C=O) groups excluding carboxylic acids is 1. The fraction of sp³-hybridized carbons (Fsp3) is 0.219. The predicted octanol–water partition coefficient (Wildman–Crippen LogP) is 6.61. The molecule has 0 amide bonds. The minimum absolute atomic E-state index is 0.00821. The van der Waals surface area contributed by atoms with Gasteiger partial charge < -0.3 is 0 Å². The molecular formula is C32H29NO3S. The zero-order valence-electron chi connectivity index (χ0n) is 21.0. The number of hydrogen-bond acceptors (Lipinski definition) is 3. The topological polar surface area (TPSA) is 54.5 Å². The van der Waals surface area contributed by atoms with Gasteiger partial charge in [0.05, 0.1) is 18.2 Å². The Morgan fingerprint density at radius 3 is 2.27 bits per heavy atom. The highest BCUT2D eigenvalue weighted by molar-refractivity contribution is 7.88. The molecule has 1 fully saturated rings. The number of hydrogen-bond donors (Lipinski definition) is 0. The summed E-state index contributed by atoms with van der Waals surface area (Å²) in [5.41, 5.74) is 4.44. The highest BCUT2D eigenvalue weighted by Crippen LogP contribution is 2.67. The quantitative estimate of drug-likeness (QED) is 0.264. The number of nitrogens with zero attached hydrogens (tertiary/aromatic N) is 1. The van der Waals surface area contributed by atoms with E-state index in [-0.39, 0.29) is 18.2 Å². The van der Waals surface area contributed by atoms with E-state index < -0.39 is 15.4 Å². The molecular weight excluding hydrogens is 478 g/mol. The Morgan fingerprint density at radius 2 is 1.57 bits per heavy atom. The number of carbonyl (C=O) groups is 1. The number of ketones is 1. The summed E-state index contributed by atoms with van der Waals surface area (Å²) < 4.78 is 28.3. The molecule has 0 saturated heterocycles. The van der Waals surface area contributed by atoms with E-state index in [1.807, 2.05) is 97.9 Å². The number of rotatable bonds is 7. The third-order valence-electron chi connectivity index (χ3n) is 7.90. The molecule has 5 heteroatoms. The van der Waals surface area contributed by atoms with Gasteiger partial charge in [-0.15, -0.1) is 0 Å². The molecule has 186 valence electrons. The van der Waals surface area contributed by atoms with Crippen molar-refractivity contribution in [2.24, 2.45) is 11.3 Å². The fourth-order valence-corrected chi connectivity index (χ4v) is 7.19. The molecule has 3 aliphatic rings. The van der Waals surface area contributed by atoms with Crippen LogP contribution in [0.1, 0.15) is 39.9 Å². The smallest absolute Gasteiger partial charge is 0.232 e. The van der Waals surface area contributed by atoms with Gasteiger partial charge in [-0.1, -0.05) is 96.6 Å². The molecule has 0 unspecified atom stereocenters. The second-order valence-electron chi connectivity index (χ2n) is 10.5. The van der Waals surface area contributed by atoms with Crippen molar-refractivity contribution >= 4 is 32.2 Å². The molecule has 0 aliphatic heterocycles. The van der Waals surface area contributed by atoms with E-state index in [9.17, 15) is 13.2 Å². The van der Waals surface area contributed by atoms with Crippen molar-refractivity contribution < 1.29 is 13.2 Å². The number of aryl methyl sites for hydroxylation is 1. The largest absolute Gasteiger partial charge is 0.293 e. The lowest BCUT2D eigenvalue weighted by molar-refractivity contribution is 0.0649. The fourth-order valence-electron chi connectivity index (χ4n) is 6.20. The van der Waals surface area contributed by atoms with Crippen molar-refractivity contribution in [2.75, 3.05) is 6.26 Å². The van der Waals surface area contributed by atoms with Gasteiger partial charge in [-0.05, 0) is 59.2 Å². The lowest BCUT2D eigenvalue weighted by Crippen LogP contribution is -2.45. The van der Waals surface area contributed by atoms with Gasteiger partial charge in [0.2, 0.25) is 10.0 Å². The predicted molar refractivity (Wildman–Crippen MR) is 148 cm³/mol. The first-order chi connectivity index (χ1) is 17.8. The van der Waals surface area contributed by atoms with Crippen LogP contribution in [-0.4, -0.2) is 24.8 Å². The Balaban J connectivity index is 1.54. The Labute approximate surface area is 218 Å². The molecule has 4 nitrogen and oxygen atoms in total. The summed E-state index contributed by atoms with van der Waals surface area (Å²) in [5.74, 6) is 0.162. The van der Waals surface area contributed by atoms with E-state index in [1.165, 1.54) is 10.6 Å². The molecule has 0 heterocycles. The maximum Gasteiger partial charge on any atom is 0.232 e. The average molecular weight is 508 g/mol. The van der Waals surface area contributed by atoms with Gasteiger partial charge in [-0.3, -0.25) is 9.10 Å². The van der Waals surface area contributed by atoms with Crippen LogP contribution in [0.4, 0.5) is 0 Å². The molecule has 4 aromatic carbocycles. The van der Waals surface area contributed by atoms with Crippen LogP contribution in [0.2, 0.25) is 0 Å². The molecule has 3 aliphatic carbocycles. The molecule has 7 rings (SSSR count). The molecule has 1 saturated carbocycles. The summed E-state index contributed by atoms with van der Waals surface area (Å²) in [6, 6.07) is 31.6. The average Bonchev–Trinajstić information content (AvgIpc) is 3.37. The zero-order valence-corrected chi connectivity index (χ0v) is 21.8. The standard InChI is InChI=1S/C32H29NO3S/c1-22-9-8-14-26(17-22)29-28-19-32(20-28,31(34)27-16-15-24-12-6-7-13-25(24)18-27)30(29)33(37(2,35)36)21-23-10-4-3-5-11-23/h3-18,28H,19-21H2,1-2H3. The normalized spacial score (nSPS) is 20.6. The van der Waals surface area contributed by atoms with Gasteiger partial charge in [-0.25, -0.2) is 8.42 Å². The Kier molecular flexibility index (Phi) is 5.57. The number of allylic oxidation sites excluding steroid dienone is 2. The minimum Gasteiger partial charge on any atom is -0.293 e.